The Morgan fingerprint density at radius 1 is 1.25 bits per heavy atom. The summed E-state index contributed by atoms with van der Waals surface area (Å²) in [6.07, 6.45) is 1.83. The van der Waals surface area contributed by atoms with E-state index in [1.165, 1.54) is 0 Å². The maximum absolute atomic E-state index is 12.3. The predicted octanol–water partition coefficient (Wildman–Crippen LogP) is 2.22. The molecular weight excluding hydrogens is 280 g/mol. The van der Waals surface area contributed by atoms with Crippen molar-refractivity contribution in [2.45, 2.75) is 25.3 Å². The van der Waals surface area contributed by atoms with Crippen molar-refractivity contribution in [1.82, 2.24) is 4.90 Å². The molecule has 0 bridgehead atoms. The minimum Gasteiger partial charge on any atom is -0.481 e. The molecule has 1 unspecified atom stereocenters. The highest BCUT2D eigenvalue weighted by molar-refractivity contribution is 6.30. The molecule has 1 atom stereocenters. The van der Waals surface area contributed by atoms with Gasteiger partial charge in [0.25, 0.3) is 0 Å². The SMILES string of the molecule is O=C(O)CC(C(=O)Nc1ccc(Cl)cc1)N1CCCC1. The largest absolute Gasteiger partial charge is 0.481 e. The minimum atomic E-state index is -0.965. The summed E-state index contributed by atoms with van der Waals surface area (Å²) >= 11 is 5.78. The fraction of sp³-hybridized carbons (Fsp3) is 0.429. The van der Waals surface area contributed by atoms with E-state index in [9.17, 15) is 9.59 Å². The van der Waals surface area contributed by atoms with Crippen LogP contribution >= 0.6 is 11.6 Å². The Bertz CT molecular complexity index is 484. The van der Waals surface area contributed by atoms with Crippen molar-refractivity contribution >= 4 is 29.2 Å². The van der Waals surface area contributed by atoms with Gasteiger partial charge in [0.2, 0.25) is 5.91 Å². The maximum atomic E-state index is 12.3. The molecule has 1 aliphatic rings. The van der Waals surface area contributed by atoms with Gasteiger partial charge in [0, 0.05) is 10.7 Å². The van der Waals surface area contributed by atoms with E-state index in [0.717, 1.165) is 25.9 Å². The molecule has 1 amide bonds. The Kier molecular flexibility index (Phi) is 4.98. The number of carbonyl (C=O) groups excluding carboxylic acids is 1. The number of carboxylic acids is 1. The highest BCUT2D eigenvalue weighted by atomic mass is 35.5. The molecule has 6 heteroatoms. The second-order valence-corrected chi connectivity index (χ2v) is 5.29. The van der Waals surface area contributed by atoms with Crippen LogP contribution in [0.2, 0.25) is 5.02 Å². The molecule has 0 aromatic heterocycles. The minimum absolute atomic E-state index is 0.181. The zero-order chi connectivity index (χ0) is 14.5. The third-order valence-electron chi connectivity index (χ3n) is 3.36. The molecule has 0 spiro atoms. The van der Waals surface area contributed by atoms with Crippen LogP contribution in [0.15, 0.2) is 24.3 Å². The zero-order valence-electron chi connectivity index (χ0n) is 11.0. The molecule has 1 saturated heterocycles. The Morgan fingerprint density at radius 2 is 1.85 bits per heavy atom. The lowest BCUT2D eigenvalue weighted by Crippen LogP contribution is -2.43. The number of hydrogen-bond donors (Lipinski definition) is 2. The van der Waals surface area contributed by atoms with Gasteiger partial charge in [-0.25, -0.2) is 0 Å². The number of nitrogens with one attached hydrogen (secondary N) is 1. The van der Waals surface area contributed by atoms with Gasteiger partial charge in [-0.05, 0) is 50.2 Å². The summed E-state index contributed by atoms with van der Waals surface area (Å²) in [6, 6.07) is 6.13. The first-order chi connectivity index (χ1) is 9.56. The van der Waals surface area contributed by atoms with Crippen molar-refractivity contribution in [3.8, 4) is 0 Å². The van der Waals surface area contributed by atoms with Gasteiger partial charge in [0.1, 0.15) is 6.04 Å². The van der Waals surface area contributed by atoms with Gasteiger partial charge in [0.05, 0.1) is 6.42 Å². The number of nitrogens with zero attached hydrogens (tertiary/aromatic N) is 1. The average molecular weight is 297 g/mol. The molecule has 1 aromatic carbocycles. The van der Waals surface area contributed by atoms with E-state index in [4.69, 9.17) is 16.7 Å². The van der Waals surface area contributed by atoms with Crippen LogP contribution in [0.5, 0.6) is 0 Å². The van der Waals surface area contributed by atoms with E-state index in [0.29, 0.717) is 10.7 Å². The van der Waals surface area contributed by atoms with Crippen LogP contribution in [-0.2, 0) is 9.59 Å². The van der Waals surface area contributed by atoms with E-state index >= 15 is 0 Å². The van der Waals surface area contributed by atoms with Crippen LogP contribution in [0, 0.1) is 0 Å². The summed E-state index contributed by atoms with van der Waals surface area (Å²) in [5.41, 5.74) is 0.619. The van der Waals surface area contributed by atoms with E-state index in [2.05, 4.69) is 5.32 Å². The Morgan fingerprint density at radius 3 is 2.40 bits per heavy atom. The van der Waals surface area contributed by atoms with Crippen molar-refractivity contribution in [3.63, 3.8) is 0 Å². The quantitative estimate of drug-likeness (QED) is 0.874. The molecule has 5 nitrogen and oxygen atoms in total. The van der Waals surface area contributed by atoms with E-state index in [1.54, 1.807) is 24.3 Å². The maximum Gasteiger partial charge on any atom is 0.305 e. The first-order valence-corrected chi connectivity index (χ1v) is 6.96. The molecule has 0 aliphatic carbocycles. The summed E-state index contributed by atoms with van der Waals surface area (Å²) < 4.78 is 0. The Hall–Kier alpha value is -1.59. The second kappa shape index (κ2) is 6.72. The van der Waals surface area contributed by atoms with Crippen LogP contribution in [-0.4, -0.2) is 41.0 Å². The number of carbonyl (C=O) groups is 2. The lowest BCUT2D eigenvalue weighted by molar-refractivity contribution is -0.140. The summed E-state index contributed by atoms with van der Waals surface area (Å²) in [7, 11) is 0. The molecule has 1 aliphatic heterocycles. The number of halogens is 1. The zero-order valence-corrected chi connectivity index (χ0v) is 11.8. The molecule has 108 valence electrons. The predicted molar refractivity (Wildman–Crippen MR) is 76.9 cm³/mol. The first-order valence-electron chi connectivity index (χ1n) is 6.58. The lowest BCUT2D eigenvalue weighted by atomic mass is 10.1. The van der Waals surface area contributed by atoms with Gasteiger partial charge in [-0.1, -0.05) is 11.6 Å². The fourth-order valence-corrected chi connectivity index (χ4v) is 2.49. The van der Waals surface area contributed by atoms with Gasteiger partial charge < -0.3 is 10.4 Å². The molecule has 1 fully saturated rings. The van der Waals surface area contributed by atoms with Crippen molar-refractivity contribution < 1.29 is 14.7 Å². The molecule has 2 N–H and O–H groups in total. The number of benzene rings is 1. The molecule has 0 radical (unpaired) electrons. The molecular formula is C14H17ClN2O3. The highest BCUT2D eigenvalue weighted by Gasteiger charge is 2.30. The van der Waals surface area contributed by atoms with Crippen LogP contribution in [0.1, 0.15) is 19.3 Å². The van der Waals surface area contributed by atoms with Gasteiger partial charge >= 0.3 is 5.97 Å². The molecule has 1 aromatic rings. The second-order valence-electron chi connectivity index (χ2n) is 4.85. The first kappa shape index (κ1) is 14.8. The van der Waals surface area contributed by atoms with E-state index < -0.39 is 12.0 Å². The average Bonchev–Trinajstić information content (AvgIpc) is 2.92. The summed E-state index contributed by atoms with van der Waals surface area (Å²) in [5, 5.41) is 12.3. The molecule has 2 rings (SSSR count). The monoisotopic (exact) mass is 296 g/mol. The van der Waals surface area contributed by atoms with Crippen molar-refractivity contribution in [3.05, 3.63) is 29.3 Å². The van der Waals surface area contributed by atoms with E-state index in [1.807, 2.05) is 4.90 Å². The number of amides is 1. The normalized spacial score (nSPS) is 16.9. The van der Waals surface area contributed by atoms with Crippen molar-refractivity contribution in [2.24, 2.45) is 0 Å². The smallest absolute Gasteiger partial charge is 0.305 e. The molecule has 1 heterocycles. The van der Waals surface area contributed by atoms with Gasteiger partial charge in [-0.15, -0.1) is 0 Å². The van der Waals surface area contributed by atoms with Gasteiger partial charge in [0.15, 0.2) is 0 Å². The van der Waals surface area contributed by atoms with Crippen molar-refractivity contribution in [2.75, 3.05) is 18.4 Å². The summed E-state index contributed by atoms with van der Waals surface area (Å²) in [6.45, 7) is 1.54. The third-order valence-corrected chi connectivity index (χ3v) is 3.62. The van der Waals surface area contributed by atoms with Crippen LogP contribution in [0.4, 0.5) is 5.69 Å². The third kappa shape index (κ3) is 3.95. The number of anilines is 1. The van der Waals surface area contributed by atoms with Crippen molar-refractivity contribution in [1.29, 1.82) is 0 Å². The molecule has 20 heavy (non-hydrogen) atoms. The number of hydrogen-bond acceptors (Lipinski definition) is 3. The molecule has 0 saturated carbocycles. The Labute approximate surface area is 122 Å². The topological polar surface area (TPSA) is 69.6 Å². The van der Waals surface area contributed by atoms with Crippen LogP contribution in [0.3, 0.4) is 0 Å². The van der Waals surface area contributed by atoms with Crippen LogP contribution < -0.4 is 5.32 Å². The number of aliphatic carboxylic acids is 1. The van der Waals surface area contributed by atoms with Gasteiger partial charge in [-0.2, -0.15) is 0 Å². The van der Waals surface area contributed by atoms with Gasteiger partial charge in [-0.3, -0.25) is 14.5 Å². The fourth-order valence-electron chi connectivity index (χ4n) is 2.37. The number of rotatable bonds is 5. The summed E-state index contributed by atoms with van der Waals surface area (Å²) in [5.74, 6) is -1.25. The number of carboxylic acid groups (broad SMARTS) is 1. The Balaban J connectivity index is 2.05. The number of likely N-dealkylation sites (tertiary alicyclic amines) is 1. The lowest BCUT2D eigenvalue weighted by Gasteiger charge is -2.25. The highest BCUT2D eigenvalue weighted by Crippen LogP contribution is 2.18. The van der Waals surface area contributed by atoms with Crippen LogP contribution in [0.25, 0.3) is 0 Å². The summed E-state index contributed by atoms with van der Waals surface area (Å²) in [4.78, 5) is 25.1. The standard InChI is InChI=1S/C14H17ClN2O3/c15-10-3-5-11(6-4-10)16-14(20)12(9-13(18)19)17-7-1-2-8-17/h3-6,12H,1-2,7-9H2,(H,16,20)(H,18,19). The van der Waals surface area contributed by atoms with E-state index in [-0.39, 0.29) is 12.3 Å².